The van der Waals surface area contributed by atoms with Gasteiger partial charge in [0.15, 0.2) is 5.60 Å². The first-order valence-electron chi connectivity index (χ1n) is 6.97. The molecule has 0 radical (unpaired) electrons. The Morgan fingerprint density at radius 2 is 2.13 bits per heavy atom. The normalized spacial score (nSPS) is 24.4. The van der Waals surface area contributed by atoms with Gasteiger partial charge in [-0.05, 0) is 13.0 Å². The molecule has 3 atom stereocenters. The first-order valence-corrected chi connectivity index (χ1v) is 6.97. The van der Waals surface area contributed by atoms with Gasteiger partial charge in [-0.25, -0.2) is 4.79 Å². The summed E-state index contributed by atoms with van der Waals surface area (Å²) in [5.41, 5.74) is -3.23. The van der Waals surface area contributed by atoms with E-state index in [1.807, 2.05) is 5.32 Å². The van der Waals surface area contributed by atoms with E-state index in [2.05, 4.69) is 10.1 Å². The average molecular weight is 342 g/mol. The third kappa shape index (κ3) is 5.56. The van der Waals surface area contributed by atoms with Crippen LogP contribution in [0.5, 0.6) is 0 Å². The molecule has 2 amide bonds. The summed E-state index contributed by atoms with van der Waals surface area (Å²) in [6, 6.07) is -1.34. The van der Waals surface area contributed by atoms with Gasteiger partial charge in [-0.1, -0.05) is 0 Å². The number of ether oxygens (including phenoxy) is 3. The fourth-order valence-electron chi connectivity index (χ4n) is 1.85. The highest BCUT2D eigenvalue weighted by atomic mass is 19.4. The van der Waals surface area contributed by atoms with Crippen LogP contribution in [0.2, 0.25) is 0 Å². The smallest absolute Gasteiger partial charge is 0.422 e. The molecular weight excluding hydrogens is 321 g/mol. The van der Waals surface area contributed by atoms with E-state index in [1.54, 1.807) is 6.92 Å². The van der Waals surface area contributed by atoms with Gasteiger partial charge in [0.25, 0.3) is 0 Å². The Bertz CT molecular complexity index is 419. The van der Waals surface area contributed by atoms with Crippen LogP contribution in [-0.2, 0) is 14.2 Å². The quantitative estimate of drug-likeness (QED) is 0.588. The molecule has 1 fully saturated rings. The Hall–Kier alpha value is -1.52. The third-order valence-corrected chi connectivity index (χ3v) is 3.26. The lowest BCUT2D eigenvalue weighted by molar-refractivity contribution is -0.237. The maximum atomic E-state index is 12.9. The number of carbonyl (C=O) groups is 1. The molecule has 0 aliphatic carbocycles. The summed E-state index contributed by atoms with van der Waals surface area (Å²) in [4.78, 5) is 11.7. The van der Waals surface area contributed by atoms with Crippen LogP contribution in [0.25, 0.3) is 0 Å². The fraction of sp³-hybridized carbons (Fsp3) is 0.769. The van der Waals surface area contributed by atoms with E-state index in [0.717, 1.165) is 6.26 Å². The monoisotopic (exact) mass is 342 g/mol. The molecule has 134 valence electrons. The second-order valence-corrected chi connectivity index (χ2v) is 4.93. The molecule has 3 N–H and O–H groups in total. The van der Waals surface area contributed by atoms with Crippen LogP contribution in [0, 0.1) is 0 Å². The molecule has 0 spiro atoms. The highest BCUT2D eigenvalue weighted by molar-refractivity contribution is 5.74. The van der Waals surface area contributed by atoms with E-state index in [4.69, 9.17) is 9.47 Å². The Balaban J connectivity index is 2.58. The van der Waals surface area contributed by atoms with Crippen molar-refractivity contribution in [2.24, 2.45) is 0 Å². The molecule has 1 aliphatic heterocycles. The Labute approximate surface area is 131 Å². The summed E-state index contributed by atoms with van der Waals surface area (Å²) in [6.45, 7) is 1.15. The Kier molecular flexibility index (Phi) is 7.10. The lowest BCUT2D eigenvalue weighted by Gasteiger charge is -2.28. The van der Waals surface area contributed by atoms with E-state index in [-0.39, 0.29) is 25.9 Å². The molecule has 7 nitrogen and oxygen atoms in total. The molecule has 1 unspecified atom stereocenters. The van der Waals surface area contributed by atoms with Crippen LogP contribution in [0.3, 0.4) is 0 Å². The zero-order valence-electron chi connectivity index (χ0n) is 12.9. The summed E-state index contributed by atoms with van der Waals surface area (Å²) in [5, 5.41) is 14.1. The van der Waals surface area contributed by atoms with Crippen LogP contribution in [0.15, 0.2) is 12.3 Å². The van der Waals surface area contributed by atoms with E-state index in [0.29, 0.717) is 6.08 Å². The number of urea groups is 1. The number of rotatable bonds is 7. The second kappa shape index (κ2) is 8.37. The zero-order valence-corrected chi connectivity index (χ0v) is 12.9. The average Bonchev–Trinajstić information content (AvgIpc) is 2.91. The largest absolute Gasteiger partial charge is 0.502 e. The summed E-state index contributed by atoms with van der Waals surface area (Å²) < 4.78 is 53.6. The molecule has 0 saturated carbocycles. The first kappa shape index (κ1) is 19.5. The molecule has 0 bridgehead atoms. The maximum Gasteiger partial charge on any atom is 0.422 e. The topological polar surface area (TPSA) is 89.1 Å². The maximum absolute atomic E-state index is 12.9. The number of methoxy groups -OCH3 is 1. The Morgan fingerprint density at radius 1 is 1.43 bits per heavy atom. The van der Waals surface area contributed by atoms with Gasteiger partial charge in [0.2, 0.25) is 0 Å². The van der Waals surface area contributed by atoms with E-state index < -0.39 is 30.4 Å². The molecule has 0 aromatic rings. The summed E-state index contributed by atoms with van der Waals surface area (Å²) in [6.07, 6.45) is -4.15. The minimum atomic E-state index is -4.97. The minimum Gasteiger partial charge on any atom is -0.502 e. The van der Waals surface area contributed by atoms with Crippen molar-refractivity contribution in [3.8, 4) is 0 Å². The minimum absolute atomic E-state index is 0.151. The van der Waals surface area contributed by atoms with E-state index >= 15 is 0 Å². The molecule has 1 rings (SSSR count). The van der Waals surface area contributed by atoms with Gasteiger partial charge in [-0.2, -0.15) is 13.2 Å². The molecule has 1 aliphatic rings. The third-order valence-electron chi connectivity index (χ3n) is 3.26. The number of alkyl halides is 3. The zero-order chi connectivity index (χ0) is 17.5. The number of amides is 2. The second-order valence-electron chi connectivity index (χ2n) is 4.93. The summed E-state index contributed by atoms with van der Waals surface area (Å²) in [7, 11) is 1.44. The van der Waals surface area contributed by atoms with Crippen molar-refractivity contribution in [2.75, 3.05) is 33.5 Å². The van der Waals surface area contributed by atoms with Crippen LogP contribution in [0.4, 0.5) is 18.0 Å². The van der Waals surface area contributed by atoms with Crippen LogP contribution >= 0.6 is 0 Å². The molecule has 23 heavy (non-hydrogen) atoms. The summed E-state index contributed by atoms with van der Waals surface area (Å²) >= 11 is 0. The van der Waals surface area contributed by atoms with Crippen molar-refractivity contribution < 1.29 is 37.3 Å². The van der Waals surface area contributed by atoms with Crippen LogP contribution < -0.4 is 10.6 Å². The lowest BCUT2D eigenvalue weighted by Crippen LogP contribution is -2.55. The lowest BCUT2D eigenvalue weighted by atomic mass is 10.0. The molecule has 0 aromatic carbocycles. The predicted molar refractivity (Wildman–Crippen MR) is 73.7 cm³/mol. The van der Waals surface area contributed by atoms with Crippen molar-refractivity contribution in [3.05, 3.63) is 12.3 Å². The van der Waals surface area contributed by atoms with Gasteiger partial charge in [0.1, 0.15) is 6.10 Å². The number of aliphatic hydroxyl groups is 1. The number of hydrogen-bond acceptors (Lipinski definition) is 5. The number of nitrogens with one attached hydrogen (secondary N) is 2. The van der Waals surface area contributed by atoms with Crippen molar-refractivity contribution in [3.63, 3.8) is 0 Å². The Morgan fingerprint density at radius 3 is 2.70 bits per heavy atom. The van der Waals surface area contributed by atoms with Crippen molar-refractivity contribution in [1.29, 1.82) is 0 Å². The van der Waals surface area contributed by atoms with Crippen LogP contribution in [0.1, 0.15) is 6.92 Å². The molecule has 1 saturated heterocycles. The molecule has 0 aromatic heterocycles. The first-order chi connectivity index (χ1) is 10.7. The number of halogens is 3. The molecule has 10 heteroatoms. The highest BCUT2D eigenvalue weighted by Crippen LogP contribution is 2.31. The fourth-order valence-corrected chi connectivity index (χ4v) is 1.85. The van der Waals surface area contributed by atoms with Crippen molar-refractivity contribution >= 4 is 6.03 Å². The predicted octanol–water partition coefficient (Wildman–Crippen LogP) is 0.543. The van der Waals surface area contributed by atoms with Crippen molar-refractivity contribution in [2.45, 2.75) is 30.8 Å². The highest BCUT2D eigenvalue weighted by Gasteiger charge is 2.52. The molecular formula is C13H21F3N2O5. The van der Waals surface area contributed by atoms with E-state index in [1.165, 1.54) is 7.11 Å². The van der Waals surface area contributed by atoms with Crippen LogP contribution in [-0.4, -0.2) is 68.5 Å². The standard InChI is InChI=1S/C13H21F3N2O5/c1-3-22-5-4-12(20,13(14,15)16)8-17-11(19)18-9-6-23-7-10(9)21-2/h4-5,9-10,20H,3,6-8H2,1-2H3,(H2,17,18,19)/b5-4+/t9-,10+,12?/m1/s1. The van der Waals surface area contributed by atoms with Gasteiger partial charge < -0.3 is 30.0 Å². The van der Waals surface area contributed by atoms with Gasteiger partial charge >= 0.3 is 12.2 Å². The SMILES string of the molecule is CCO/C=C/C(O)(CNC(=O)N[C@@H]1COC[C@@H]1OC)C(F)(F)F. The van der Waals surface area contributed by atoms with E-state index in [9.17, 15) is 23.1 Å². The van der Waals surface area contributed by atoms with Gasteiger partial charge in [-0.15, -0.1) is 0 Å². The number of hydrogen-bond donors (Lipinski definition) is 3. The van der Waals surface area contributed by atoms with Gasteiger partial charge in [0.05, 0.1) is 38.7 Å². The van der Waals surface area contributed by atoms with Gasteiger partial charge in [-0.3, -0.25) is 0 Å². The summed E-state index contributed by atoms with van der Waals surface area (Å²) in [5.74, 6) is 0. The molecule has 1 heterocycles. The van der Waals surface area contributed by atoms with Crippen molar-refractivity contribution in [1.82, 2.24) is 10.6 Å². The van der Waals surface area contributed by atoms with Gasteiger partial charge in [0, 0.05) is 7.11 Å². The number of carbonyl (C=O) groups excluding carboxylic acids is 1.